The van der Waals surface area contributed by atoms with Crippen LogP contribution in [0.2, 0.25) is 5.28 Å². The van der Waals surface area contributed by atoms with Crippen molar-refractivity contribution in [1.29, 1.82) is 10.5 Å². The van der Waals surface area contributed by atoms with Crippen LogP contribution in [0.5, 0.6) is 0 Å². The molecule has 18 heteroatoms. The number of fused-ring (bicyclic) bond motifs is 2. The molecular formula is C46H36BClN14O2. The molecule has 8 aromatic rings. The molecule has 0 saturated carbocycles. The van der Waals surface area contributed by atoms with Crippen molar-refractivity contribution in [1.82, 2.24) is 29.9 Å². The van der Waals surface area contributed by atoms with Crippen LogP contribution in [0.3, 0.4) is 0 Å². The second-order valence-corrected chi connectivity index (χ2v) is 13.6. The van der Waals surface area contributed by atoms with Crippen LogP contribution < -0.4 is 26.7 Å². The molecule has 0 aliphatic rings. The highest BCUT2D eigenvalue weighted by Gasteiger charge is 2.15. The molecule has 0 saturated heterocycles. The summed E-state index contributed by atoms with van der Waals surface area (Å²) in [6.45, 7) is 16.6. The van der Waals surface area contributed by atoms with E-state index in [2.05, 4.69) is 61.9 Å². The van der Waals surface area contributed by atoms with Crippen LogP contribution in [0.25, 0.3) is 42.9 Å². The first kappa shape index (κ1) is 44.8. The van der Waals surface area contributed by atoms with Crippen molar-refractivity contribution in [2.75, 3.05) is 47.4 Å². The van der Waals surface area contributed by atoms with Crippen LogP contribution in [0.1, 0.15) is 11.1 Å². The van der Waals surface area contributed by atoms with Gasteiger partial charge in [-0.05, 0) is 65.6 Å². The quantitative estimate of drug-likeness (QED) is 0.0301. The van der Waals surface area contributed by atoms with Gasteiger partial charge in [0.1, 0.15) is 35.4 Å². The number of nitriles is 2. The Morgan fingerprint density at radius 1 is 0.562 bits per heavy atom. The Morgan fingerprint density at radius 2 is 1.05 bits per heavy atom. The summed E-state index contributed by atoms with van der Waals surface area (Å²) in [7, 11) is -1.56. The van der Waals surface area contributed by atoms with E-state index in [1.165, 1.54) is 18.5 Å². The maximum atomic E-state index is 8.84. The van der Waals surface area contributed by atoms with Crippen molar-refractivity contribution < 1.29 is 10.0 Å². The van der Waals surface area contributed by atoms with Crippen LogP contribution in [-0.2, 0) is 0 Å². The number of nitrogens with one attached hydrogen (secondary N) is 4. The molecule has 0 bridgehead atoms. The van der Waals surface area contributed by atoms with Gasteiger partial charge in [-0.1, -0.05) is 72.8 Å². The summed E-state index contributed by atoms with van der Waals surface area (Å²) in [4.78, 5) is 32.8. The lowest BCUT2D eigenvalue weighted by Crippen LogP contribution is -2.29. The summed E-state index contributed by atoms with van der Waals surface area (Å²) < 4.78 is 0. The van der Waals surface area contributed by atoms with E-state index in [9.17, 15) is 0 Å². The van der Waals surface area contributed by atoms with Gasteiger partial charge in [0.15, 0.2) is 17.2 Å². The molecule has 16 nitrogen and oxygen atoms in total. The van der Waals surface area contributed by atoms with Crippen molar-refractivity contribution >= 4 is 80.6 Å². The molecule has 0 aliphatic heterocycles. The number of halogens is 1. The minimum Gasteiger partial charge on any atom is -0.424 e. The number of benzene rings is 4. The number of hydrogen-bond donors (Lipinski definition) is 6. The normalized spacial score (nSPS) is 9.98. The molecular weight excluding hydrogens is 827 g/mol. The van der Waals surface area contributed by atoms with Crippen molar-refractivity contribution in [2.24, 2.45) is 0 Å². The molecule has 6 N–H and O–H groups in total. The lowest BCUT2D eigenvalue weighted by Gasteiger charge is -2.12. The first-order chi connectivity index (χ1) is 31.3. The van der Waals surface area contributed by atoms with Gasteiger partial charge >= 0.3 is 7.12 Å². The van der Waals surface area contributed by atoms with E-state index in [1.54, 1.807) is 48.5 Å². The lowest BCUT2D eigenvalue weighted by molar-refractivity contribution is 0.426. The summed E-state index contributed by atoms with van der Waals surface area (Å²) in [5.41, 5.74) is 4.44. The Kier molecular flexibility index (Phi) is 16.0. The molecule has 312 valence electrons. The summed E-state index contributed by atoms with van der Waals surface area (Å²) in [6.07, 6.45) is 3.07. The molecule has 0 radical (unpaired) electrons. The molecule has 0 unspecified atom stereocenters. The van der Waals surface area contributed by atoms with Gasteiger partial charge < -0.3 is 31.3 Å². The third-order valence-electron chi connectivity index (χ3n) is 9.01. The fraction of sp³-hybridized carbons (Fsp3) is 0.0870. The molecule has 4 aromatic carbocycles. The predicted molar refractivity (Wildman–Crippen MR) is 250 cm³/mol. The molecule has 8 rings (SSSR count). The SMILES string of the molecule is N#Cc1ccc(NCCNc2nc(Cl)nc3ccccc23)nc1.[C-]#[N+]c1ccccc1-c1nc(NCCNc2ccc(C#N)cn2)c2ccccc2n1.[C-]#[N+]c1ccccc1B(O)O. The highest BCUT2D eigenvalue weighted by atomic mass is 35.5. The number of aromatic nitrogens is 6. The molecule has 64 heavy (non-hydrogen) atoms. The van der Waals surface area contributed by atoms with E-state index in [1.807, 2.05) is 72.8 Å². The number of rotatable bonds is 12. The Morgan fingerprint density at radius 3 is 1.56 bits per heavy atom. The van der Waals surface area contributed by atoms with Gasteiger partial charge in [0.2, 0.25) is 5.28 Å². The van der Waals surface area contributed by atoms with Crippen molar-refractivity contribution in [3.8, 4) is 23.5 Å². The van der Waals surface area contributed by atoms with E-state index >= 15 is 0 Å². The molecule has 0 aliphatic carbocycles. The number of nitrogens with zero attached hydrogens (tertiary/aromatic N) is 10. The molecule has 0 atom stereocenters. The van der Waals surface area contributed by atoms with Crippen molar-refractivity contribution in [3.63, 3.8) is 0 Å². The number of pyridine rings is 2. The molecule has 0 amide bonds. The van der Waals surface area contributed by atoms with E-state index in [0.29, 0.717) is 71.8 Å². The summed E-state index contributed by atoms with van der Waals surface area (Å²) in [5, 5.41) is 50.1. The Balaban J connectivity index is 0.000000176. The standard InChI is InChI=1S/C23H17N7.C16H13ClN6.C7H6BNO2/c1-25-19-8-4-2-6-17(19)23-29-20-9-5-3-7-18(20)22(30-23)27-13-12-26-21-11-10-16(14-24)15-28-21;17-16-22-13-4-2-1-3-12(13)15(23-16)20-8-7-19-14-6-5-11(9-18)10-21-14;1-9-7-5-3-2-4-6(7)8(10)11/h2-11,15H,12-13H2,(H,26,28)(H,27,29,30);1-6,10H,7-8H2,(H,19,21)(H,20,22,23);2-5,10-11H. The van der Waals surface area contributed by atoms with Crippen LogP contribution >= 0.6 is 11.6 Å². The van der Waals surface area contributed by atoms with Crippen LogP contribution in [0.15, 0.2) is 134 Å². The van der Waals surface area contributed by atoms with Crippen molar-refractivity contribution in [3.05, 3.63) is 173 Å². The van der Waals surface area contributed by atoms with E-state index in [4.69, 9.17) is 50.3 Å². The predicted octanol–water partition coefficient (Wildman–Crippen LogP) is 7.63. The van der Waals surface area contributed by atoms with Gasteiger partial charge in [0.25, 0.3) is 0 Å². The van der Waals surface area contributed by atoms with E-state index in [0.717, 1.165) is 27.6 Å². The van der Waals surface area contributed by atoms with Gasteiger partial charge in [0.05, 0.1) is 35.3 Å². The average molecular weight is 863 g/mol. The Labute approximate surface area is 373 Å². The molecule has 4 aromatic heterocycles. The Hall–Kier alpha value is -8.71. The van der Waals surface area contributed by atoms with Gasteiger partial charge in [-0.3, -0.25) is 0 Å². The third-order valence-corrected chi connectivity index (χ3v) is 9.18. The fourth-order valence-electron chi connectivity index (χ4n) is 5.95. The fourth-order valence-corrected chi connectivity index (χ4v) is 6.13. The second kappa shape index (κ2) is 22.8. The van der Waals surface area contributed by atoms with Crippen molar-refractivity contribution in [2.45, 2.75) is 0 Å². The monoisotopic (exact) mass is 862 g/mol. The maximum absolute atomic E-state index is 8.84. The summed E-state index contributed by atoms with van der Waals surface area (Å²) >= 11 is 5.95. The van der Waals surface area contributed by atoms with Crippen LogP contribution in [0, 0.1) is 35.8 Å². The average Bonchev–Trinajstić information content (AvgIpc) is 3.34. The smallest absolute Gasteiger partial charge is 0.424 e. The minimum atomic E-state index is -1.56. The number of hydrogen-bond acceptors (Lipinski definition) is 14. The number of para-hydroxylation sites is 4. The molecule has 4 heterocycles. The van der Waals surface area contributed by atoms with E-state index in [-0.39, 0.29) is 16.4 Å². The molecule has 0 spiro atoms. The highest BCUT2D eigenvalue weighted by Crippen LogP contribution is 2.31. The largest absolute Gasteiger partial charge is 0.476 e. The van der Waals surface area contributed by atoms with Gasteiger partial charge in [0, 0.05) is 54.9 Å². The Bertz CT molecular complexity index is 3020. The number of anilines is 4. The lowest BCUT2D eigenvalue weighted by atomic mass is 9.79. The van der Waals surface area contributed by atoms with Crippen LogP contribution in [-0.4, -0.2) is 73.2 Å². The van der Waals surface area contributed by atoms with Gasteiger partial charge in [-0.25, -0.2) is 39.6 Å². The van der Waals surface area contributed by atoms with Gasteiger partial charge in [-0.2, -0.15) is 10.5 Å². The second-order valence-electron chi connectivity index (χ2n) is 13.2. The third kappa shape index (κ3) is 12.2. The zero-order chi connectivity index (χ0) is 45.1. The minimum absolute atomic E-state index is 0.216. The first-order valence-electron chi connectivity index (χ1n) is 19.5. The zero-order valence-electron chi connectivity index (χ0n) is 33.9. The molecule has 0 fully saturated rings. The summed E-state index contributed by atoms with van der Waals surface area (Å²) in [6, 6.07) is 40.3. The van der Waals surface area contributed by atoms with Crippen LogP contribution in [0.4, 0.5) is 34.6 Å². The van der Waals surface area contributed by atoms with E-state index < -0.39 is 7.12 Å². The maximum Gasteiger partial charge on any atom is 0.476 e. The topological polar surface area (TPSA) is 222 Å². The summed E-state index contributed by atoms with van der Waals surface area (Å²) in [5.74, 6) is 3.36. The zero-order valence-corrected chi connectivity index (χ0v) is 34.6. The van der Waals surface area contributed by atoms with Gasteiger partial charge in [-0.15, -0.1) is 0 Å². The highest BCUT2D eigenvalue weighted by molar-refractivity contribution is 6.60. The first-order valence-corrected chi connectivity index (χ1v) is 19.8.